The Morgan fingerprint density at radius 2 is 2.14 bits per heavy atom. The van der Waals surface area contributed by atoms with Gasteiger partial charge in [0.25, 0.3) is 0 Å². The Morgan fingerprint density at radius 1 is 1.50 bits per heavy atom. The van der Waals surface area contributed by atoms with E-state index in [1.165, 1.54) is 0 Å². The smallest absolute Gasteiger partial charge is 0.0693 e. The normalized spacial score (nSPS) is 30.6. The van der Waals surface area contributed by atoms with Crippen molar-refractivity contribution in [3.05, 3.63) is 0 Å². The summed E-state index contributed by atoms with van der Waals surface area (Å²) in [4.78, 5) is 2.36. The van der Waals surface area contributed by atoms with Gasteiger partial charge in [-0.15, -0.1) is 0 Å². The SMILES string of the molecule is CC1CCN(CC(C)(C)CS)CC1O. The van der Waals surface area contributed by atoms with E-state index in [0.717, 1.165) is 31.8 Å². The van der Waals surface area contributed by atoms with Gasteiger partial charge in [-0.1, -0.05) is 20.8 Å². The summed E-state index contributed by atoms with van der Waals surface area (Å²) in [7, 11) is 0. The van der Waals surface area contributed by atoms with Gasteiger partial charge in [-0.3, -0.25) is 0 Å². The van der Waals surface area contributed by atoms with E-state index in [9.17, 15) is 5.11 Å². The van der Waals surface area contributed by atoms with Crippen molar-refractivity contribution >= 4 is 12.6 Å². The molecule has 0 aromatic heterocycles. The Balaban J connectivity index is 2.40. The molecule has 0 spiro atoms. The molecular formula is C11H23NOS. The number of thiol groups is 1. The summed E-state index contributed by atoms with van der Waals surface area (Å²) in [6.45, 7) is 9.58. The van der Waals surface area contributed by atoms with Crippen LogP contribution in [0.4, 0.5) is 0 Å². The summed E-state index contributed by atoms with van der Waals surface area (Å²) >= 11 is 4.35. The second-order valence-electron chi connectivity index (χ2n) is 5.39. The summed E-state index contributed by atoms with van der Waals surface area (Å²) in [5.74, 6) is 1.36. The Hall–Kier alpha value is 0.270. The topological polar surface area (TPSA) is 23.5 Å². The first-order chi connectivity index (χ1) is 6.44. The van der Waals surface area contributed by atoms with E-state index in [1.54, 1.807) is 0 Å². The third-order valence-electron chi connectivity index (χ3n) is 3.08. The van der Waals surface area contributed by atoms with Gasteiger partial charge in [-0.25, -0.2) is 0 Å². The Bertz CT molecular complexity index is 184. The molecule has 0 aromatic rings. The van der Waals surface area contributed by atoms with Crippen molar-refractivity contribution in [2.75, 3.05) is 25.4 Å². The van der Waals surface area contributed by atoms with E-state index >= 15 is 0 Å². The number of hydrogen-bond donors (Lipinski definition) is 2. The van der Waals surface area contributed by atoms with Crippen LogP contribution in [0.3, 0.4) is 0 Å². The maximum atomic E-state index is 9.76. The van der Waals surface area contributed by atoms with Crippen LogP contribution in [0.1, 0.15) is 27.2 Å². The molecule has 1 N–H and O–H groups in total. The van der Waals surface area contributed by atoms with Crippen molar-refractivity contribution < 1.29 is 5.11 Å². The first-order valence-corrected chi connectivity index (χ1v) is 6.09. The molecule has 0 aromatic carbocycles. The Kier molecular flexibility index (Phi) is 4.29. The monoisotopic (exact) mass is 217 g/mol. The molecule has 1 aliphatic rings. The molecule has 0 amide bonds. The molecule has 1 heterocycles. The van der Waals surface area contributed by atoms with Crippen LogP contribution in [0.5, 0.6) is 0 Å². The first kappa shape index (κ1) is 12.3. The Morgan fingerprint density at radius 3 is 2.64 bits per heavy atom. The average Bonchev–Trinajstić information content (AvgIpc) is 2.11. The molecule has 2 atom stereocenters. The maximum absolute atomic E-state index is 9.76. The van der Waals surface area contributed by atoms with Gasteiger partial charge in [0, 0.05) is 13.1 Å². The van der Waals surface area contributed by atoms with Crippen LogP contribution in [0.25, 0.3) is 0 Å². The molecule has 0 radical (unpaired) electrons. The number of aliphatic hydroxyl groups is 1. The molecule has 1 aliphatic heterocycles. The van der Waals surface area contributed by atoms with Crippen LogP contribution in [0, 0.1) is 11.3 Å². The minimum absolute atomic E-state index is 0.139. The van der Waals surface area contributed by atoms with E-state index in [1.807, 2.05) is 0 Å². The molecule has 14 heavy (non-hydrogen) atoms. The van der Waals surface area contributed by atoms with Gasteiger partial charge < -0.3 is 10.0 Å². The zero-order valence-corrected chi connectivity index (χ0v) is 10.4. The van der Waals surface area contributed by atoms with Gasteiger partial charge in [0.05, 0.1) is 6.10 Å². The van der Waals surface area contributed by atoms with E-state index in [2.05, 4.69) is 38.3 Å². The number of piperidine rings is 1. The van der Waals surface area contributed by atoms with Crippen LogP contribution in [0.15, 0.2) is 0 Å². The van der Waals surface area contributed by atoms with E-state index < -0.39 is 0 Å². The summed E-state index contributed by atoms with van der Waals surface area (Å²) in [5, 5.41) is 9.76. The molecule has 1 fully saturated rings. The van der Waals surface area contributed by atoms with E-state index in [-0.39, 0.29) is 11.5 Å². The van der Waals surface area contributed by atoms with Gasteiger partial charge in [-0.05, 0) is 30.1 Å². The number of β-amino-alcohol motifs (C(OH)–C–C–N with tert-alkyl or cyclic N) is 1. The summed E-state index contributed by atoms with van der Waals surface area (Å²) in [6, 6.07) is 0. The molecule has 3 heteroatoms. The zero-order valence-electron chi connectivity index (χ0n) is 9.53. The minimum Gasteiger partial charge on any atom is -0.392 e. The van der Waals surface area contributed by atoms with Gasteiger partial charge in [0.15, 0.2) is 0 Å². The highest BCUT2D eigenvalue weighted by atomic mass is 32.1. The molecule has 1 rings (SSSR count). The van der Waals surface area contributed by atoms with Crippen LogP contribution < -0.4 is 0 Å². The predicted octanol–water partition coefficient (Wildman–Crippen LogP) is 1.65. The fraction of sp³-hybridized carbons (Fsp3) is 1.00. The third kappa shape index (κ3) is 3.44. The molecule has 0 saturated carbocycles. The number of likely N-dealkylation sites (tertiary alicyclic amines) is 1. The fourth-order valence-electron chi connectivity index (χ4n) is 1.91. The molecule has 1 saturated heterocycles. The summed E-state index contributed by atoms with van der Waals surface area (Å²) in [5.41, 5.74) is 0.253. The molecule has 2 nitrogen and oxygen atoms in total. The average molecular weight is 217 g/mol. The number of rotatable bonds is 3. The third-order valence-corrected chi connectivity index (χ3v) is 3.94. The second-order valence-corrected chi connectivity index (χ2v) is 5.71. The van der Waals surface area contributed by atoms with Gasteiger partial charge in [0.1, 0.15) is 0 Å². The largest absolute Gasteiger partial charge is 0.392 e. The van der Waals surface area contributed by atoms with Crippen molar-refractivity contribution in [2.24, 2.45) is 11.3 Å². The second kappa shape index (κ2) is 4.86. The van der Waals surface area contributed by atoms with Crippen molar-refractivity contribution in [1.29, 1.82) is 0 Å². The van der Waals surface area contributed by atoms with Crippen LogP contribution in [-0.2, 0) is 0 Å². The molecule has 84 valence electrons. The van der Waals surface area contributed by atoms with Gasteiger partial charge in [0.2, 0.25) is 0 Å². The highest BCUT2D eigenvalue weighted by Crippen LogP contribution is 2.23. The molecule has 0 aliphatic carbocycles. The lowest BCUT2D eigenvalue weighted by Gasteiger charge is -2.38. The first-order valence-electron chi connectivity index (χ1n) is 5.46. The van der Waals surface area contributed by atoms with Gasteiger partial charge >= 0.3 is 0 Å². The fourth-order valence-corrected chi connectivity index (χ4v) is 2.01. The zero-order chi connectivity index (χ0) is 10.8. The highest BCUT2D eigenvalue weighted by Gasteiger charge is 2.27. The maximum Gasteiger partial charge on any atom is 0.0693 e. The predicted molar refractivity (Wildman–Crippen MR) is 63.9 cm³/mol. The van der Waals surface area contributed by atoms with Crippen LogP contribution in [0.2, 0.25) is 0 Å². The van der Waals surface area contributed by atoms with E-state index in [4.69, 9.17) is 0 Å². The van der Waals surface area contributed by atoms with Crippen LogP contribution in [-0.4, -0.2) is 41.5 Å². The highest BCUT2D eigenvalue weighted by molar-refractivity contribution is 7.80. The van der Waals surface area contributed by atoms with Crippen molar-refractivity contribution in [3.63, 3.8) is 0 Å². The summed E-state index contributed by atoms with van der Waals surface area (Å²) in [6.07, 6.45) is 0.976. The van der Waals surface area contributed by atoms with E-state index in [0.29, 0.717) is 5.92 Å². The lowest BCUT2D eigenvalue weighted by Crippen LogP contribution is -2.46. The molecule has 2 unspecified atom stereocenters. The quantitative estimate of drug-likeness (QED) is 0.702. The Labute approximate surface area is 93.1 Å². The molecular weight excluding hydrogens is 194 g/mol. The van der Waals surface area contributed by atoms with Gasteiger partial charge in [-0.2, -0.15) is 12.6 Å². The number of aliphatic hydroxyl groups excluding tert-OH is 1. The lowest BCUT2D eigenvalue weighted by molar-refractivity contribution is 0.0172. The van der Waals surface area contributed by atoms with Crippen LogP contribution >= 0.6 is 12.6 Å². The van der Waals surface area contributed by atoms with Crippen molar-refractivity contribution in [3.8, 4) is 0 Å². The standard InChI is InChI=1S/C11H23NOS/c1-9-4-5-12(6-10(9)13)7-11(2,3)8-14/h9-10,13-14H,4-8H2,1-3H3. The minimum atomic E-state index is -0.139. The lowest BCUT2D eigenvalue weighted by atomic mass is 9.91. The van der Waals surface area contributed by atoms with Crippen molar-refractivity contribution in [1.82, 2.24) is 4.90 Å². The molecule has 0 bridgehead atoms. The number of nitrogens with zero attached hydrogens (tertiary/aromatic N) is 1. The summed E-state index contributed by atoms with van der Waals surface area (Å²) < 4.78 is 0. The van der Waals surface area contributed by atoms with Crippen molar-refractivity contribution in [2.45, 2.75) is 33.3 Å². The number of hydrogen-bond acceptors (Lipinski definition) is 3.